The zero-order chi connectivity index (χ0) is 15.2. The number of benzene rings is 1. The number of aromatic hydroxyl groups is 2. The van der Waals surface area contributed by atoms with Gasteiger partial charge in [0.25, 0.3) is 0 Å². The highest BCUT2D eigenvalue weighted by atomic mass is 16.3. The number of hydrogen-bond donors (Lipinski definition) is 3. The number of nitrogens with zero attached hydrogens (tertiary/aromatic N) is 1. The number of nitrogens with one attached hydrogen (secondary N) is 1. The topological polar surface area (TPSA) is 72.8 Å². The number of likely N-dealkylation sites (tertiary alicyclic amines) is 1. The maximum absolute atomic E-state index is 12.0. The zero-order valence-corrected chi connectivity index (χ0v) is 12.5. The molecule has 1 aliphatic rings. The van der Waals surface area contributed by atoms with Gasteiger partial charge in [0.1, 0.15) is 11.5 Å². The van der Waals surface area contributed by atoms with Gasteiger partial charge in [-0.2, -0.15) is 0 Å². The van der Waals surface area contributed by atoms with E-state index in [1.54, 1.807) is 12.1 Å². The van der Waals surface area contributed by atoms with Gasteiger partial charge in [-0.3, -0.25) is 0 Å². The molecule has 1 heterocycles. The highest BCUT2D eigenvalue weighted by Crippen LogP contribution is 2.35. The maximum Gasteiger partial charge on any atom is 0.317 e. The Morgan fingerprint density at radius 2 is 2.05 bits per heavy atom. The number of urea groups is 1. The fourth-order valence-corrected chi connectivity index (χ4v) is 2.75. The van der Waals surface area contributed by atoms with E-state index in [-0.39, 0.29) is 23.4 Å². The lowest BCUT2D eigenvalue weighted by molar-refractivity contribution is 0.181. The minimum absolute atomic E-state index is 0.0110. The van der Waals surface area contributed by atoms with Gasteiger partial charge in [-0.05, 0) is 36.8 Å². The van der Waals surface area contributed by atoms with Crippen molar-refractivity contribution in [3.8, 4) is 11.5 Å². The monoisotopic (exact) mass is 292 g/mol. The second-order valence-corrected chi connectivity index (χ2v) is 5.59. The van der Waals surface area contributed by atoms with E-state index in [1.165, 1.54) is 6.07 Å². The van der Waals surface area contributed by atoms with Crippen LogP contribution in [0.25, 0.3) is 0 Å². The number of carbonyl (C=O) groups excluding carboxylic acids is 1. The molecule has 1 fully saturated rings. The summed E-state index contributed by atoms with van der Waals surface area (Å²) in [5.74, 6) is 0.454. The van der Waals surface area contributed by atoms with Gasteiger partial charge in [0.15, 0.2) is 0 Å². The third-order valence-electron chi connectivity index (χ3n) is 4.04. The van der Waals surface area contributed by atoms with Crippen molar-refractivity contribution in [3.05, 3.63) is 23.8 Å². The lowest BCUT2D eigenvalue weighted by atomic mass is 9.89. The van der Waals surface area contributed by atoms with E-state index < -0.39 is 0 Å². The molecule has 0 aromatic heterocycles. The highest BCUT2D eigenvalue weighted by molar-refractivity contribution is 5.74. The first-order valence-electron chi connectivity index (χ1n) is 7.66. The maximum atomic E-state index is 12.0. The fourth-order valence-electron chi connectivity index (χ4n) is 2.75. The SMILES string of the molecule is CCCCNC(=O)N1CCC(c2ccc(O)cc2O)CC1. The van der Waals surface area contributed by atoms with Crippen molar-refractivity contribution >= 4 is 6.03 Å². The van der Waals surface area contributed by atoms with Crippen molar-refractivity contribution in [2.45, 2.75) is 38.5 Å². The molecule has 0 radical (unpaired) electrons. The Bertz CT molecular complexity index is 482. The molecular formula is C16H24N2O3. The molecule has 1 aromatic rings. The van der Waals surface area contributed by atoms with Gasteiger partial charge in [0, 0.05) is 25.7 Å². The van der Waals surface area contributed by atoms with Crippen LogP contribution in [0.3, 0.4) is 0 Å². The summed E-state index contributed by atoms with van der Waals surface area (Å²) < 4.78 is 0. The van der Waals surface area contributed by atoms with Crippen molar-refractivity contribution in [1.82, 2.24) is 10.2 Å². The van der Waals surface area contributed by atoms with E-state index in [0.717, 1.165) is 37.8 Å². The largest absolute Gasteiger partial charge is 0.508 e. The lowest BCUT2D eigenvalue weighted by Gasteiger charge is -2.32. The Balaban J connectivity index is 1.86. The molecule has 1 aromatic carbocycles. The quantitative estimate of drug-likeness (QED) is 0.747. The van der Waals surface area contributed by atoms with Crippen LogP contribution in [0.4, 0.5) is 4.79 Å². The summed E-state index contributed by atoms with van der Waals surface area (Å²) in [4.78, 5) is 13.8. The third-order valence-corrected chi connectivity index (χ3v) is 4.04. The van der Waals surface area contributed by atoms with Crippen molar-refractivity contribution in [3.63, 3.8) is 0 Å². The van der Waals surface area contributed by atoms with Gasteiger partial charge in [0.2, 0.25) is 0 Å². The van der Waals surface area contributed by atoms with Crippen LogP contribution < -0.4 is 5.32 Å². The van der Waals surface area contributed by atoms with Gasteiger partial charge in [-0.1, -0.05) is 19.4 Å². The van der Waals surface area contributed by atoms with E-state index in [9.17, 15) is 15.0 Å². The first kappa shape index (κ1) is 15.5. The molecule has 0 saturated carbocycles. The van der Waals surface area contributed by atoms with Crippen LogP contribution >= 0.6 is 0 Å². The van der Waals surface area contributed by atoms with Crippen molar-refractivity contribution in [1.29, 1.82) is 0 Å². The fraction of sp³-hybridized carbons (Fsp3) is 0.562. The number of phenolic OH excluding ortho intramolecular Hbond substituents is 2. The van der Waals surface area contributed by atoms with Crippen LogP contribution in [0.1, 0.15) is 44.1 Å². The molecule has 0 atom stereocenters. The van der Waals surface area contributed by atoms with Crippen LogP contribution in [-0.4, -0.2) is 40.8 Å². The van der Waals surface area contributed by atoms with Crippen LogP contribution in [-0.2, 0) is 0 Å². The molecule has 0 bridgehead atoms. The van der Waals surface area contributed by atoms with Gasteiger partial charge in [-0.15, -0.1) is 0 Å². The summed E-state index contributed by atoms with van der Waals surface area (Å²) in [7, 11) is 0. The van der Waals surface area contributed by atoms with Crippen LogP contribution in [0, 0.1) is 0 Å². The molecule has 3 N–H and O–H groups in total. The summed E-state index contributed by atoms with van der Waals surface area (Å²) in [6.07, 6.45) is 3.74. The first-order valence-corrected chi connectivity index (χ1v) is 7.66. The van der Waals surface area contributed by atoms with Crippen molar-refractivity contribution < 1.29 is 15.0 Å². The number of unbranched alkanes of at least 4 members (excludes halogenated alkanes) is 1. The Morgan fingerprint density at radius 3 is 2.67 bits per heavy atom. The molecule has 2 rings (SSSR count). The Morgan fingerprint density at radius 1 is 1.33 bits per heavy atom. The molecule has 5 nitrogen and oxygen atoms in total. The standard InChI is InChI=1S/C16H24N2O3/c1-2-3-8-17-16(21)18-9-6-12(7-10-18)14-5-4-13(19)11-15(14)20/h4-5,11-12,19-20H,2-3,6-10H2,1H3,(H,17,21). The molecular weight excluding hydrogens is 268 g/mol. The van der Waals surface area contributed by atoms with E-state index >= 15 is 0 Å². The number of rotatable bonds is 4. The number of amides is 2. The summed E-state index contributed by atoms with van der Waals surface area (Å²) in [5, 5.41) is 22.2. The summed E-state index contributed by atoms with van der Waals surface area (Å²) >= 11 is 0. The Hall–Kier alpha value is -1.91. The lowest BCUT2D eigenvalue weighted by Crippen LogP contribution is -2.44. The smallest absolute Gasteiger partial charge is 0.317 e. The van der Waals surface area contributed by atoms with Gasteiger partial charge in [0.05, 0.1) is 0 Å². The molecule has 1 aliphatic heterocycles. The van der Waals surface area contributed by atoms with Crippen molar-refractivity contribution in [2.75, 3.05) is 19.6 Å². The van der Waals surface area contributed by atoms with Crippen molar-refractivity contribution in [2.24, 2.45) is 0 Å². The minimum atomic E-state index is 0.0110. The summed E-state index contributed by atoms with van der Waals surface area (Å²) in [6.45, 7) is 4.22. The Kier molecular flexibility index (Phi) is 5.31. The second kappa shape index (κ2) is 7.20. The van der Waals surface area contributed by atoms with Gasteiger partial charge < -0.3 is 20.4 Å². The highest BCUT2D eigenvalue weighted by Gasteiger charge is 2.25. The van der Waals surface area contributed by atoms with E-state index in [2.05, 4.69) is 12.2 Å². The van der Waals surface area contributed by atoms with Crippen LogP contribution in [0.5, 0.6) is 11.5 Å². The van der Waals surface area contributed by atoms with Crippen LogP contribution in [0.15, 0.2) is 18.2 Å². The number of piperidine rings is 1. The molecule has 0 spiro atoms. The molecule has 5 heteroatoms. The molecule has 0 aliphatic carbocycles. The average Bonchev–Trinajstić information content (AvgIpc) is 2.48. The van der Waals surface area contributed by atoms with E-state index in [1.807, 2.05) is 4.90 Å². The first-order chi connectivity index (χ1) is 10.1. The second-order valence-electron chi connectivity index (χ2n) is 5.59. The molecule has 1 saturated heterocycles. The Labute approximate surface area is 125 Å². The average molecular weight is 292 g/mol. The summed E-state index contributed by atoms with van der Waals surface area (Å²) in [5.41, 5.74) is 0.860. The van der Waals surface area contributed by atoms with E-state index in [0.29, 0.717) is 13.1 Å². The summed E-state index contributed by atoms with van der Waals surface area (Å²) in [6, 6.07) is 4.75. The van der Waals surface area contributed by atoms with Crippen LogP contribution in [0.2, 0.25) is 0 Å². The molecule has 116 valence electrons. The van der Waals surface area contributed by atoms with Gasteiger partial charge >= 0.3 is 6.03 Å². The number of phenols is 2. The minimum Gasteiger partial charge on any atom is -0.508 e. The normalized spacial score (nSPS) is 16.0. The molecule has 2 amide bonds. The zero-order valence-electron chi connectivity index (χ0n) is 12.5. The molecule has 21 heavy (non-hydrogen) atoms. The predicted molar refractivity (Wildman–Crippen MR) is 81.6 cm³/mol. The van der Waals surface area contributed by atoms with E-state index in [4.69, 9.17) is 0 Å². The number of hydrogen-bond acceptors (Lipinski definition) is 3. The third kappa shape index (κ3) is 4.03. The molecule has 0 unspecified atom stereocenters. The number of carbonyl (C=O) groups is 1. The predicted octanol–water partition coefficient (Wildman–Crippen LogP) is 2.79. The van der Waals surface area contributed by atoms with Gasteiger partial charge in [-0.25, -0.2) is 4.79 Å².